The number of hydrogen-bond donors (Lipinski definition) is 1. The maximum Gasteiger partial charge on any atom is 0.242 e. The highest BCUT2D eigenvalue weighted by Gasteiger charge is 2.25. The Kier molecular flexibility index (Phi) is 4.98. The van der Waals surface area contributed by atoms with E-state index in [1.54, 1.807) is 31.3 Å². The van der Waals surface area contributed by atoms with Crippen molar-refractivity contribution in [3.05, 3.63) is 24.3 Å². The molecule has 1 rings (SSSR count). The van der Waals surface area contributed by atoms with Gasteiger partial charge in [-0.25, -0.2) is 12.7 Å². The van der Waals surface area contributed by atoms with E-state index in [4.69, 9.17) is 0 Å². The first-order valence-corrected chi connectivity index (χ1v) is 7.91. The third-order valence-electron chi connectivity index (χ3n) is 2.64. The van der Waals surface area contributed by atoms with Crippen molar-refractivity contribution < 1.29 is 8.42 Å². The molecule has 0 saturated carbocycles. The molecular weight excluding hydrogens is 260 g/mol. The number of nitrogens with one attached hydrogen (secondary N) is 1. The minimum Gasteiger partial charge on any atom is -0.385 e. The molecule has 0 atom stereocenters. The van der Waals surface area contributed by atoms with E-state index >= 15 is 0 Å². The molecule has 0 amide bonds. The Labute approximate surface area is 116 Å². The average Bonchev–Trinajstić information content (AvgIpc) is 2.28. The SMILES string of the molecule is CCNc1ccc(S(=O)(=O)N(C)CC(C)(C)C)cc1. The van der Waals surface area contributed by atoms with Crippen LogP contribution in [-0.4, -0.2) is 32.9 Å². The highest BCUT2D eigenvalue weighted by atomic mass is 32.2. The van der Waals surface area contributed by atoms with Gasteiger partial charge >= 0.3 is 0 Å². The summed E-state index contributed by atoms with van der Waals surface area (Å²) in [4.78, 5) is 0.334. The van der Waals surface area contributed by atoms with Crippen LogP contribution in [-0.2, 0) is 10.0 Å². The van der Waals surface area contributed by atoms with E-state index in [-0.39, 0.29) is 5.41 Å². The van der Waals surface area contributed by atoms with Crippen LogP contribution in [0.25, 0.3) is 0 Å². The number of hydrogen-bond acceptors (Lipinski definition) is 3. The maximum atomic E-state index is 12.4. The van der Waals surface area contributed by atoms with Gasteiger partial charge in [0, 0.05) is 25.8 Å². The van der Waals surface area contributed by atoms with Gasteiger partial charge in [-0.05, 0) is 36.6 Å². The number of nitrogens with zero attached hydrogens (tertiary/aromatic N) is 1. The fourth-order valence-corrected chi connectivity index (χ4v) is 3.28. The van der Waals surface area contributed by atoms with Gasteiger partial charge in [-0.15, -0.1) is 0 Å². The van der Waals surface area contributed by atoms with Crippen molar-refractivity contribution in [2.75, 3.05) is 25.5 Å². The average molecular weight is 284 g/mol. The van der Waals surface area contributed by atoms with E-state index in [0.717, 1.165) is 12.2 Å². The second kappa shape index (κ2) is 5.92. The maximum absolute atomic E-state index is 12.4. The first-order valence-electron chi connectivity index (χ1n) is 6.47. The van der Waals surface area contributed by atoms with Crippen LogP contribution in [0.3, 0.4) is 0 Å². The molecule has 0 bridgehead atoms. The van der Waals surface area contributed by atoms with Crippen LogP contribution in [0, 0.1) is 5.41 Å². The van der Waals surface area contributed by atoms with Crippen LogP contribution < -0.4 is 5.32 Å². The topological polar surface area (TPSA) is 49.4 Å². The molecule has 0 radical (unpaired) electrons. The lowest BCUT2D eigenvalue weighted by molar-refractivity contribution is 0.311. The summed E-state index contributed by atoms with van der Waals surface area (Å²) < 4.78 is 26.2. The molecule has 108 valence electrons. The Morgan fingerprint density at radius 1 is 1.16 bits per heavy atom. The molecule has 0 spiro atoms. The summed E-state index contributed by atoms with van der Waals surface area (Å²) in [6.07, 6.45) is 0. The van der Waals surface area contributed by atoms with Gasteiger partial charge in [0.25, 0.3) is 0 Å². The van der Waals surface area contributed by atoms with Crippen molar-refractivity contribution in [3.8, 4) is 0 Å². The van der Waals surface area contributed by atoms with Crippen LogP contribution in [0.4, 0.5) is 5.69 Å². The Bertz CT molecular complexity index is 501. The van der Waals surface area contributed by atoms with Crippen LogP contribution >= 0.6 is 0 Å². The second-order valence-corrected chi connectivity index (χ2v) is 7.92. The summed E-state index contributed by atoms with van der Waals surface area (Å²) in [5.41, 5.74) is 0.867. The highest BCUT2D eigenvalue weighted by Crippen LogP contribution is 2.21. The molecule has 0 aromatic heterocycles. The predicted octanol–water partition coefficient (Wildman–Crippen LogP) is 2.79. The summed E-state index contributed by atoms with van der Waals surface area (Å²) in [7, 11) is -1.77. The van der Waals surface area contributed by atoms with Gasteiger partial charge in [0.2, 0.25) is 10.0 Å². The van der Waals surface area contributed by atoms with Gasteiger partial charge in [0.1, 0.15) is 0 Å². The molecule has 1 N–H and O–H groups in total. The number of sulfonamides is 1. The van der Waals surface area contributed by atoms with E-state index in [1.165, 1.54) is 4.31 Å². The normalized spacial score (nSPS) is 12.7. The lowest BCUT2D eigenvalue weighted by Crippen LogP contribution is -2.34. The summed E-state index contributed by atoms with van der Waals surface area (Å²) in [6.45, 7) is 9.37. The number of benzene rings is 1. The van der Waals surface area contributed by atoms with Gasteiger partial charge in [-0.1, -0.05) is 20.8 Å². The van der Waals surface area contributed by atoms with Crippen LogP contribution in [0.15, 0.2) is 29.2 Å². The minimum atomic E-state index is -3.40. The van der Waals surface area contributed by atoms with Gasteiger partial charge in [0.15, 0.2) is 0 Å². The molecule has 1 aromatic carbocycles. The number of anilines is 1. The van der Waals surface area contributed by atoms with Gasteiger partial charge < -0.3 is 5.32 Å². The first-order chi connectivity index (χ1) is 8.66. The van der Waals surface area contributed by atoms with Crippen molar-refractivity contribution in [2.45, 2.75) is 32.6 Å². The van der Waals surface area contributed by atoms with E-state index in [2.05, 4.69) is 5.32 Å². The quantitative estimate of drug-likeness (QED) is 0.904. The van der Waals surface area contributed by atoms with E-state index < -0.39 is 10.0 Å². The lowest BCUT2D eigenvalue weighted by Gasteiger charge is -2.26. The summed E-state index contributed by atoms with van der Waals surface area (Å²) >= 11 is 0. The minimum absolute atomic E-state index is 0.0640. The molecule has 0 saturated heterocycles. The zero-order chi connectivity index (χ0) is 14.7. The highest BCUT2D eigenvalue weighted by molar-refractivity contribution is 7.89. The van der Waals surface area contributed by atoms with E-state index in [9.17, 15) is 8.42 Å². The van der Waals surface area contributed by atoms with Crippen molar-refractivity contribution in [1.82, 2.24) is 4.31 Å². The van der Waals surface area contributed by atoms with Crippen molar-refractivity contribution in [1.29, 1.82) is 0 Å². The predicted molar refractivity (Wildman–Crippen MR) is 79.9 cm³/mol. The monoisotopic (exact) mass is 284 g/mol. The molecular formula is C14H24N2O2S. The van der Waals surface area contributed by atoms with Crippen LogP contribution in [0.5, 0.6) is 0 Å². The Morgan fingerprint density at radius 3 is 2.11 bits per heavy atom. The molecule has 0 aliphatic rings. The van der Waals surface area contributed by atoms with Gasteiger partial charge in [-0.2, -0.15) is 0 Å². The third-order valence-corrected chi connectivity index (χ3v) is 4.46. The molecule has 0 heterocycles. The second-order valence-electron chi connectivity index (χ2n) is 5.88. The Hall–Kier alpha value is -1.07. The lowest BCUT2D eigenvalue weighted by atomic mass is 9.97. The molecule has 1 aromatic rings. The Balaban J connectivity index is 2.93. The molecule has 4 nitrogen and oxygen atoms in total. The molecule has 0 aliphatic carbocycles. The van der Waals surface area contributed by atoms with E-state index in [0.29, 0.717) is 11.4 Å². The first kappa shape index (κ1) is 16.0. The molecule has 0 unspecified atom stereocenters. The number of rotatable bonds is 5. The van der Waals surface area contributed by atoms with E-state index in [1.807, 2.05) is 27.7 Å². The van der Waals surface area contributed by atoms with Crippen LogP contribution in [0.1, 0.15) is 27.7 Å². The largest absolute Gasteiger partial charge is 0.385 e. The molecule has 0 fully saturated rings. The standard InChI is InChI=1S/C14H24N2O2S/c1-6-15-12-7-9-13(10-8-12)19(17,18)16(5)11-14(2,3)4/h7-10,15H,6,11H2,1-5H3. The smallest absolute Gasteiger partial charge is 0.242 e. The van der Waals surface area contributed by atoms with Crippen molar-refractivity contribution in [2.24, 2.45) is 5.41 Å². The van der Waals surface area contributed by atoms with Gasteiger partial charge in [-0.3, -0.25) is 0 Å². The van der Waals surface area contributed by atoms with Crippen LogP contribution in [0.2, 0.25) is 0 Å². The van der Waals surface area contributed by atoms with Crippen molar-refractivity contribution in [3.63, 3.8) is 0 Å². The fraction of sp³-hybridized carbons (Fsp3) is 0.571. The summed E-state index contributed by atoms with van der Waals surface area (Å²) in [5.74, 6) is 0. The third kappa shape index (κ3) is 4.51. The zero-order valence-electron chi connectivity index (χ0n) is 12.4. The molecule has 5 heteroatoms. The van der Waals surface area contributed by atoms with Crippen molar-refractivity contribution >= 4 is 15.7 Å². The summed E-state index contributed by atoms with van der Waals surface area (Å²) in [6, 6.07) is 6.88. The Morgan fingerprint density at radius 2 is 1.68 bits per heavy atom. The van der Waals surface area contributed by atoms with Gasteiger partial charge in [0.05, 0.1) is 4.90 Å². The fourth-order valence-electron chi connectivity index (χ4n) is 1.88. The zero-order valence-corrected chi connectivity index (χ0v) is 13.2. The summed E-state index contributed by atoms with van der Waals surface area (Å²) in [5, 5.41) is 3.15. The molecule has 0 aliphatic heterocycles. The molecule has 19 heavy (non-hydrogen) atoms.